The molecule has 2 aromatic heterocycles. The summed E-state index contributed by atoms with van der Waals surface area (Å²) in [5.41, 5.74) is 3.96. The average Bonchev–Trinajstić information content (AvgIpc) is 2.93. The Morgan fingerprint density at radius 3 is 2.83 bits per heavy atom. The van der Waals surface area contributed by atoms with E-state index < -0.39 is 0 Å². The first kappa shape index (κ1) is 14.0. The molecule has 114 valence electrons. The fourth-order valence-corrected chi connectivity index (χ4v) is 2.96. The van der Waals surface area contributed by atoms with Crippen LogP contribution >= 0.6 is 11.6 Å². The molecular weight excluding hydrogens is 308 g/mol. The zero-order chi connectivity index (χ0) is 15.8. The van der Waals surface area contributed by atoms with Crippen molar-refractivity contribution in [1.29, 1.82) is 0 Å². The molecule has 1 N–H and O–H groups in total. The Morgan fingerprint density at radius 2 is 1.96 bits per heavy atom. The third kappa shape index (κ3) is 2.62. The molecule has 23 heavy (non-hydrogen) atoms. The van der Waals surface area contributed by atoms with Gasteiger partial charge in [-0.15, -0.1) is 0 Å². The summed E-state index contributed by atoms with van der Waals surface area (Å²) in [5.74, 6) is 0.855. The highest BCUT2D eigenvalue weighted by Crippen LogP contribution is 2.24. The van der Waals surface area contributed by atoms with Crippen LogP contribution in [0.3, 0.4) is 0 Å². The zero-order valence-electron chi connectivity index (χ0n) is 12.6. The third-order valence-corrected chi connectivity index (χ3v) is 4.01. The van der Waals surface area contributed by atoms with Crippen LogP contribution in [0.25, 0.3) is 16.6 Å². The molecule has 0 aliphatic carbocycles. The molecule has 5 heteroatoms. The van der Waals surface area contributed by atoms with Crippen molar-refractivity contribution in [1.82, 2.24) is 14.6 Å². The van der Waals surface area contributed by atoms with E-state index in [1.54, 1.807) is 0 Å². The second-order valence-electron chi connectivity index (χ2n) is 5.52. The van der Waals surface area contributed by atoms with E-state index in [0.717, 1.165) is 38.6 Å². The van der Waals surface area contributed by atoms with E-state index in [-0.39, 0.29) is 0 Å². The fourth-order valence-electron chi connectivity index (χ4n) is 2.74. The minimum atomic E-state index is 0.668. The number of aryl methyl sites for hydroxylation is 1. The molecular formula is C18H15ClN4. The van der Waals surface area contributed by atoms with Gasteiger partial charge in [-0.3, -0.25) is 0 Å². The summed E-state index contributed by atoms with van der Waals surface area (Å²) in [6.07, 6.45) is 0. The molecule has 4 nitrogen and oxygen atoms in total. The number of rotatable bonds is 3. The van der Waals surface area contributed by atoms with Gasteiger partial charge in [0, 0.05) is 23.0 Å². The third-order valence-electron chi connectivity index (χ3n) is 3.78. The van der Waals surface area contributed by atoms with Gasteiger partial charge in [-0.25, -0.2) is 9.50 Å². The van der Waals surface area contributed by atoms with Gasteiger partial charge in [0.05, 0.1) is 11.2 Å². The first-order valence-electron chi connectivity index (χ1n) is 7.44. The molecule has 0 spiro atoms. The lowest BCUT2D eigenvalue weighted by molar-refractivity contribution is 0.954. The van der Waals surface area contributed by atoms with Crippen molar-refractivity contribution >= 4 is 34.0 Å². The number of benzene rings is 2. The number of fused-ring (bicyclic) bond motifs is 3. The number of hydrogen-bond donors (Lipinski definition) is 1. The summed E-state index contributed by atoms with van der Waals surface area (Å²) >= 11 is 6.05. The molecule has 2 aromatic carbocycles. The van der Waals surface area contributed by atoms with Crippen LogP contribution < -0.4 is 5.32 Å². The lowest BCUT2D eigenvalue weighted by Gasteiger charge is -2.10. The van der Waals surface area contributed by atoms with Gasteiger partial charge < -0.3 is 5.32 Å². The topological polar surface area (TPSA) is 42.2 Å². The van der Waals surface area contributed by atoms with E-state index in [1.165, 1.54) is 0 Å². The average molecular weight is 323 g/mol. The van der Waals surface area contributed by atoms with Crippen LogP contribution in [0.15, 0.2) is 54.6 Å². The second kappa shape index (κ2) is 5.56. The normalized spacial score (nSPS) is 11.2. The van der Waals surface area contributed by atoms with E-state index in [4.69, 9.17) is 16.6 Å². The molecule has 4 rings (SSSR count). The molecule has 0 unspecified atom stereocenters. The molecule has 4 aromatic rings. The maximum absolute atomic E-state index is 6.05. The van der Waals surface area contributed by atoms with E-state index in [1.807, 2.05) is 53.9 Å². The summed E-state index contributed by atoms with van der Waals surface area (Å²) in [7, 11) is 0. The van der Waals surface area contributed by atoms with E-state index in [0.29, 0.717) is 6.54 Å². The lowest BCUT2D eigenvalue weighted by atomic mass is 10.2. The number of nitrogens with zero attached hydrogens (tertiary/aromatic N) is 3. The van der Waals surface area contributed by atoms with Crippen molar-refractivity contribution in [3.8, 4) is 0 Å². The van der Waals surface area contributed by atoms with Crippen molar-refractivity contribution in [2.45, 2.75) is 13.5 Å². The summed E-state index contributed by atoms with van der Waals surface area (Å²) in [5, 5.41) is 9.73. The number of nitrogens with one attached hydrogen (secondary N) is 1. The first-order valence-corrected chi connectivity index (χ1v) is 7.82. The van der Waals surface area contributed by atoms with Crippen LogP contribution in [-0.2, 0) is 6.54 Å². The maximum atomic E-state index is 6.05. The fraction of sp³-hybridized carbons (Fsp3) is 0.111. The van der Waals surface area contributed by atoms with Gasteiger partial charge in [0.1, 0.15) is 5.82 Å². The number of halogens is 1. The van der Waals surface area contributed by atoms with Crippen LogP contribution in [0.2, 0.25) is 5.02 Å². The van der Waals surface area contributed by atoms with Crippen molar-refractivity contribution < 1.29 is 0 Å². The minimum Gasteiger partial charge on any atom is -0.365 e. The molecule has 0 saturated carbocycles. The smallest absolute Gasteiger partial charge is 0.158 e. The van der Waals surface area contributed by atoms with Crippen molar-refractivity contribution in [2.75, 3.05) is 5.32 Å². The summed E-state index contributed by atoms with van der Waals surface area (Å²) in [4.78, 5) is 4.72. The quantitative estimate of drug-likeness (QED) is 0.605. The monoisotopic (exact) mass is 322 g/mol. The molecule has 0 saturated heterocycles. The van der Waals surface area contributed by atoms with Crippen LogP contribution in [0.1, 0.15) is 11.3 Å². The molecule has 0 fully saturated rings. The van der Waals surface area contributed by atoms with Crippen molar-refractivity contribution in [2.24, 2.45) is 0 Å². The Hall–Kier alpha value is -2.59. The first-order chi connectivity index (χ1) is 11.2. The van der Waals surface area contributed by atoms with Gasteiger partial charge in [0.2, 0.25) is 0 Å². The Kier molecular flexibility index (Phi) is 3.39. The van der Waals surface area contributed by atoms with Crippen LogP contribution in [0.5, 0.6) is 0 Å². The molecule has 0 atom stereocenters. The number of aromatic nitrogens is 3. The van der Waals surface area contributed by atoms with E-state index in [2.05, 4.69) is 22.5 Å². The predicted molar refractivity (Wildman–Crippen MR) is 94.0 cm³/mol. The van der Waals surface area contributed by atoms with Gasteiger partial charge in [0.25, 0.3) is 0 Å². The van der Waals surface area contributed by atoms with Crippen molar-refractivity contribution in [3.05, 3.63) is 70.9 Å². The Morgan fingerprint density at radius 1 is 1.09 bits per heavy atom. The highest BCUT2D eigenvalue weighted by atomic mass is 35.5. The highest BCUT2D eigenvalue weighted by Gasteiger charge is 2.09. The number of para-hydroxylation sites is 1. The van der Waals surface area contributed by atoms with Gasteiger partial charge in [0.15, 0.2) is 5.65 Å². The van der Waals surface area contributed by atoms with E-state index >= 15 is 0 Å². The SMILES string of the molecule is Cc1cc2nc(NCc3cccc(Cl)c3)c3ccccc3n2n1. The number of hydrogen-bond acceptors (Lipinski definition) is 3. The van der Waals surface area contributed by atoms with Gasteiger partial charge in [-0.2, -0.15) is 5.10 Å². The van der Waals surface area contributed by atoms with Gasteiger partial charge in [-0.1, -0.05) is 35.9 Å². The molecule has 0 bridgehead atoms. The van der Waals surface area contributed by atoms with Crippen LogP contribution in [0.4, 0.5) is 5.82 Å². The Balaban J connectivity index is 1.78. The van der Waals surface area contributed by atoms with Gasteiger partial charge >= 0.3 is 0 Å². The Bertz CT molecular complexity index is 1010. The molecule has 0 amide bonds. The highest BCUT2D eigenvalue weighted by molar-refractivity contribution is 6.30. The minimum absolute atomic E-state index is 0.668. The molecule has 0 aliphatic rings. The zero-order valence-corrected chi connectivity index (χ0v) is 13.4. The lowest BCUT2D eigenvalue weighted by Crippen LogP contribution is -2.04. The number of anilines is 1. The summed E-state index contributed by atoms with van der Waals surface area (Å²) in [6, 6.07) is 17.9. The van der Waals surface area contributed by atoms with E-state index in [9.17, 15) is 0 Å². The van der Waals surface area contributed by atoms with Gasteiger partial charge in [-0.05, 0) is 36.8 Å². The summed E-state index contributed by atoms with van der Waals surface area (Å²) in [6.45, 7) is 2.64. The summed E-state index contributed by atoms with van der Waals surface area (Å²) < 4.78 is 1.88. The molecule has 0 aliphatic heterocycles. The standard InChI is InChI=1S/C18H15ClN4/c1-12-9-17-21-18(20-11-13-5-4-6-14(19)10-13)15-7-2-3-8-16(15)23(17)22-12/h2-10H,11H2,1H3,(H,20,21). The Labute approximate surface area is 138 Å². The van der Waals surface area contributed by atoms with Crippen LogP contribution in [-0.4, -0.2) is 14.6 Å². The molecule has 0 radical (unpaired) electrons. The van der Waals surface area contributed by atoms with Crippen LogP contribution in [0, 0.1) is 6.92 Å². The predicted octanol–water partition coefficient (Wildman–Crippen LogP) is 4.46. The maximum Gasteiger partial charge on any atom is 0.158 e. The second-order valence-corrected chi connectivity index (χ2v) is 5.95. The largest absolute Gasteiger partial charge is 0.365 e. The molecule has 2 heterocycles. The van der Waals surface area contributed by atoms with Crippen molar-refractivity contribution in [3.63, 3.8) is 0 Å².